The highest BCUT2D eigenvalue weighted by Gasteiger charge is 2.43. The van der Waals surface area contributed by atoms with Gasteiger partial charge in [0.1, 0.15) is 0 Å². The van der Waals surface area contributed by atoms with Gasteiger partial charge in [0.15, 0.2) is 11.5 Å². The van der Waals surface area contributed by atoms with Crippen LogP contribution in [0.15, 0.2) is 18.6 Å². The minimum absolute atomic E-state index is 0.0171. The average Bonchev–Trinajstić information content (AvgIpc) is 3.53. The van der Waals surface area contributed by atoms with Crippen LogP contribution in [0, 0.1) is 11.8 Å². The highest BCUT2D eigenvalue weighted by atomic mass is 35.5. The number of carbonyl (C=O) groups excluding carboxylic acids is 2. The van der Waals surface area contributed by atoms with Gasteiger partial charge < -0.3 is 10.0 Å². The Hall–Kier alpha value is -2.66. The number of nitrogens with zero attached hydrogens (tertiary/aromatic N) is 4. The van der Waals surface area contributed by atoms with Crippen molar-refractivity contribution in [2.24, 2.45) is 11.8 Å². The van der Waals surface area contributed by atoms with Gasteiger partial charge in [0, 0.05) is 18.9 Å². The molecule has 2 fully saturated rings. The van der Waals surface area contributed by atoms with Crippen molar-refractivity contribution in [1.82, 2.24) is 19.7 Å². The summed E-state index contributed by atoms with van der Waals surface area (Å²) in [7, 11) is 0. The number of alkyl halides is 3. The molecule has 0 aliphatic heterocycles. The molecule has 0 aromatic carbocycles. The smallest absolute Gasteiger partial charge is 0.433 e. The second-order valence-corrected chi connectivity index (χ2v) is 10.7. The van der Waals surface area contributed by atoms with Gasteiger partial charge in [-0.3, -0.25) is 24.0 Å². The number of hydrogen-bond donors (Lipinski definition) is 1. The van der Waals surface area contributed by atoms with Crippen molar-refractivity contribution >= 4 is 40.9 Å². The molecule has 38 heavy (non-hydrogen) atoms. The van der Waals surface area contributed by atoms with Crippen molar-refractivity contribution in [1.29, 1.82) is 0 Å². The third-order valence-electron chi connectivity index (χ3n) is 7.39. The van der Waals surface area contributed by atoms with E-state index < -0.39 is 53.6 Å². The van der Waals surface area contributed by atoms with Crippen LogP contribution in [0.4, 0.5) is 13.2 Å². The molecule has 0 radical (unpaired) electrons. The lowest BCUT2D eigenvalue weighted by atomic mass is 9.86. The van der Waals surface area contributed by atoms with Gasteiger partial charge in [0.05, 0.1) is 45.9 Å². The maximum absolute atomic E-state index is 14.3. The van der Waals surface area contributed by atoms with Gasteiger partial charge in [-0.25, -0.2) is 0 Å². The van der Waals surface area contributed by atoms with Crippen LogP contribution < -0.4 is 0 Å². The number of Topliss-reactive ketones (excluding diaryl/α,β-unsaturated/α-hetero) is 1. The van der Waals surface area contributed by atoms with Crippen LogP contribution in [0.1, 0.15) is 83.8 Å². The minimum Gasteiger partial charge on any atom is -0.481 e. The van der Waals surface area contributed by atoms with E-state index >= 15 is 0 Å². The summed E-state index contributed by atoms with van der Waals surface area (Å²) in [6.45, 7) is -0.401. The third kappa shape index (κ3) is 6.14. The van der Waals surface area contributed by atoms with Crippen molar-refractivity contribution in [3.63, 3.8) is 0 Å². The van der Waals surface area contributed by atoms with Gasteiger partial charge in [-0.05, 0) is 44.4 Å². The lowest BCUT2D eigenvalue weighted by Crippen LogP contribution is -2.40. The SMILES string of the molecule is O=C(CN(CC1CCCC1)C(=O)c1cnn(C2CCC(C(=O)O)CC2)c1C(F)(F)F)c1c(Cl)cncc1Cl. The van der Waals surface area contributed by atoms with E-state index in [2.05, 4.69) is 10.1 Å². The van der Waals surface area contributed by atoms with Crippen LogP contribution in [-0.4, -0.2) is 55.5 Å². The third-order valence-corrected chi connectivity index (χ3v) is 7.97. The topological polar surface area (TPSA) is 105 Å². The van der Waals surface area contributed by atoms with Crippen LogP contribution in [-0.2, 0) is 11.0 Å². The van der Waals surface area contributed by atoms with Crippen LogP contribution >= 0.6 is 23.2 Å². The molecule has 8 nitrogen and oxygen atoms in total. The zero-order chi connectivity index (χ0) is 27.6. The molecule has 0 unspecified atom stereocenters. The molecular formula is C25H27Cl2F3N4O4. The highest BCUT2D eigenvalue weighted by Crippen LogP contribution is 2.39. The van der Waals surface area contributed by atoms with Crippen LogP contribution in [0.2, 0.25) is 10.0 Å². The summed E-state index contributed by atoms with van der Waals surface area (Å²) in [5.41, 5.74) is -1.88. The number of amides is 1. The van der Waals surface area contributed by atoms with Crippen molar-refractivity contribution in [2.75, 3.05) is 13.1 Å². The van der Waals surface area contributed by atoms with E-state index in [1.54, 1.807) is 0 Å². The standard InChI is InChI=1S/C25H27Cl2F3N4O4/c26-18-10-31-11-19(27)21(18)20(35)13-33(12-14-3-1-2-4-14)23(36)17-9-32-34(22(17)25(28,29)30)16-7-5-15(6-8-16)24(37)38/h9-11,14-16H,1-8,12-13H2,(H,37,38). The predicted molar refractivity (Wildman–Crippen MR) is 132 cm³/mol. The van der Waals surface area contributed by atoms with E-state index in [1.807, 2.05) is 0 Å². The molecule has 2 heterocycles. The summed E-state index contributed by atoms with van der Waals surface area (Å²) in [6.07, 6.45) is 2.76. The lowest BCUT2D eigenvalue weighted by molar-refractivity contribution is -0.147. The molecule has 2 aliphatic carbocycles. The lowest BCUT2D eigenvalue weighted by Gasteiger charge is -2.29. The van der Waals surface area contributed by atoms with Gasteiger partial charge in [-0.1, -0.05) is 36.0 Å². The summed E-state index contributed by atoms with van der Waals surface area (Å²) in [4.78, 5) is 43.0. The molecule has 1 amide bonds. The Morgan fingerprint density at radius 1 is 1.00 bits per heavy atom. The molecule has 2 aromatic heterocycles. The van der Waals surface area contributed by atoms with Gasteiger partial charge in [0.25, 0.3) is 5.91 Å². The fourth-order valence-corrected chi connectivity index (χ4v) is 6.05. The number of carbonyl (C=O) groups is 3. The van der Waals surface area contributed by atoms with E-state index in [-0.39, 0.29) is 53.8 Å². The summed E-state index contributed by atoms with van der Waals surface area (Å²) in [6, 6.07) is -0.692. The zero-order valence-corrected chi connectivity index (χ0v) is 21.9. The number of aromatic nitrogens is 3. The van der Waals surface area contributed by atoms with E-state index in [0.29, 0.717) is 0 Å². The second-order valence-electron chi connectivity index (χ2n) is 9.93. The molecule has 2 aliphatic rings. The molecule has 0 saturated heterocycles. The number of pyridine rings is 1. The summed E-state index contributed by atoms with van der Waals surface area (Å²) >= 11 is 12.2. The number of aliphatic carboxylic acids is 1. The predicted octanol–water partition coefficient (Wildman–Crippen LogP) is 5.93. The molecule has 2 aromatic rings. The monoisotopic (exact) mass is 574 g/mol. The summed E-state index contributed by atoms with van der Waals surface area (Å²) in [5, 5.41) is 13.1. The van der Waals surface area contributed by atoms with Crippen molar-refractivity contribution < 1.29 is 32.7 Å². The highest BCUT2D eigenvalue weighted by molar-refractivity contribution is 6.39. The van der Waals surface area contributed by atoms with Gasteiger partial charge in [-0.15, -0.1) is 0 Å². The molecular weight excluding hydrogens is 548 g/mol. The largest absolute Gasteiger partial charge is 0.481 e. The van der Waals surface area contributed by atoms with Crippen molar-refractivity contribution in [3.8, 4) is 0 Å². The van der Waals surface area contributed by atoms with E-state index in [9.17, 15) is 32.7 Å². The van der Waals surface area contributed by atoms with E-state index in [1.165, 1.54) is 12.4 Å². The quantitative estimate of drug-likeness (QED) is 0.391. The maximum atomic E-state index is 14.3. The normalized spacial score (nSPS) is 20.4. The fraction of sp³-hybridized carbons (Fsp3) is 0.560. The average molecular weight is 575 g/mol. The molecule has 2 saturated carbocycles. The number of carboxylic acids is 1. The first-order valence-electron chi connectivity index (χ1n) is 12.5. The number of ketones is 1. The molecule has 1 N–H and O–H groups in total. The zero-order valence-electron chi connectivity index (χ0n) is 20.4. The van der Waals surface area contributed by atoms with E-state index in [4.69, 9.17) is 23.2 Å². The summed E-state index contributed by atoms with van der Waals surface area (Å²) in [5.74, 6) is -3.11. The molecule has 0 spiro atoms. The van der Waals surface area contributed by atoms with E-state index in [0.717, 1.165) is 41.5 Å². The van der Waals surface area contributed by atoms with Crippen molar-refractivity contribution in [2.45, 2.75) is 63.6 Å². The Kier molecular flexibility index (Phi) is 8.66. The number of rotatable bonds is 8. The van der Waals surface area contributed by atoms with Crippen LogP contribution in [0.25, 0.3) is 0 Å². The first-order valence-corrected chi connectivity index (χ1v) is 13.2. The molecule has 0 atom stereocenters. The fourth-order valence-electron chi connectivity index (χ4n) is 5.47. The Labute approximate surface area is 227 Å². The van der Waals surface area contributed by atoms with Gasteiger partial charge in [0.2, 0.25) is 0 Å². The van der Waals surface area contributed by atoms with Gasteiger partial charge >= 0.3 is 12.1 Å². The van der Waals surface area contributed by atoms with Crippen LogP contribution in [0.5, 0.6) is 0 Å². The van der Waals surface area contributed by atoms with Crippen LogP contribution in [0.3, 0.4) is 0 Å². The number of hydrogen-bond acceptors (Lipinski definition) is 5. The Balaban J connectivity index is 1.65. The number of carboxylic acid groups (broad SMARTS) is 1. The Morgan fingerprint density at radius 2 is 1.61 bits per heavy atom. The summed E-state index contributed by atoms with van der Waals surface area (Å²) < 4.78 is 43.8. The Morgan fingerprint density at radius 3 is 2.16 bits per heavy atom. The first-order chi connectivity index (χ1) is 18.0. The molecule has 13 heteroatoms. The maximum Gasteiger partial charge on any atom is 0.433 e. The minimum atomic E-state index is -4.90. The second kappa shape index (κ2) is 11.6. The molecule has 0 bridgehead atoms. The van der Waals surface area contributed by atoms with Crippen molar-refractivity contribution in [3.05, 3.63) is 45.5 Å². The molecule has 4 rings (SSSR count). The first kappa shape index (κ1) is 28.4. The number of halogens is 5. The molecule has 206 valence electrons. The van der Waals surface area contributed by atoms with Gasteiger partial charge in [-0.2, -0.15) is 18.3 Å². The Bertz CT molecular complexity index is 1190.